The minimum atomic E-state index is -3.97. The lowest BCUT2D eigenvalue weighted by Crippen LogP contribution is -2.21. The van der Waals surface area contributed by atoms with E-state index >= 15 is 0 Å². The highest BCUT2D eigenvalue weighted by Gasteiger charge is 2.28. The van der Waals surface area contributed by atoms with E-state index in [0.717, 1.165) is 32.1 Å². The maximum atomic E-state index is 13.4. The molecule has 1 fully saturated rings. The molecule has 1 saturated carbocycles. The molecular weight excluding hydrogens is 432 g/mol. The van der Waals surface area contributed by atoms with Crippen molar-refractivity contribution in [3.63, 3.8) is 0 Å². The lowest BCUT2D eigenvalue weighted by Gasteiger charge is -2.24. The molecule has 3 aromatic rings. The first-order valence-corrected chi connectivity index (χ1v) is 13.3. The van der Waals surface area contributed by atoms with Crippen molar-refractivity contribution in [2.75, 3.05) is 0 Å². The topological polar surface area (TPSA) is 77.5 Å². The Kier molecular flexibility index (Phi) is 6.16. The van der Waals surface area contributed by atoms with Gasteiger partial charge in [-0.3, -0.25) is 0 Å². The predicted octanol–water partition coefficient (Wildman–Crippen LogP) is 5.06. The largest absolute Gasteiger partial charge is 0.489 e. The number of rotatable bonds is 6. The Labute approximate surface area is 183 Å². The zero-order valence-electron chi connectivity index (χ0n) is 17.0. The van der Waals surface area contributed by atoms with Crippen LogP contribution in [0.25, 0.3) is 0 Å². The van der Waals surface area contributed by atoms with Crippen LogP contribution in [0.5, 0.6) is 5.75 Å². The first-order chi connectivity index (χ1) is 14.9. The second kappa shape index (κ2) is 8.85. The zero-order chi connectivity index (χ0) is 21.9. The minimum absolute atomic E-state index is 0.0740. The van der Waals surface area contributed by atoms with Gasteiger partial charge in [-0.05, 0) is 68.1 Å². The van der Waals surface area contributed by atoms with Crippen molar-refractivity contribution in [1.82, 2.24) is 0 Å². The summed E-state index contributed by atoms with van der Waals surface area (Å²) in [6, 6.07) is 20.1. The SMILES string of the molecule is O=S(=O)(c1ccccc1)c1ccc(OC2CCCCC2)c(S(=O)(=O)c2ccccc2)c1. The molecule has 0 saturated heterocycles. The van der Waals surface area contributed by atoms with Crippen molar-refractivity contribution in [3.8, 4) is 5.75 Å². The number of hydrogen-bond acceptors (Lipinski definition) is 5. The molecule has 4 rings (SSSR count). The highest BCUT2D eigenvalue weighted by molar-refractivity contribution is 7.92. The van der Waals surface area contributed by atoms with Crippen LogP contribution in [0, 0.1) is 0 Å². The molecule has 0 atom stereocenters. The van der Waals surface area contributed by atoms with Crippen molar-refractivity contribution in [2.45, 2.75) is 57.8 Å². The van der Waals surface area contributed by atoms with Crippen LogP contribution < -0.4 is 4.74 Å². The third-order valence-corrected chi connectivity index (χ3v) is 9.03. The monoisotopic (exact) mass is 456 g/mol. The Balaban J connectivity index is 1.83. The number of ether oxygens (including phenoxy) is 1. The van der Waals surface area contributed by atoms with Gasteiger partial charge in [0.2, 0.25) is 19.7 Å². The molecule has 5 nitrogen and oxygen atoms in total. The predicted molar refractivity (Wildman–Crippen MR) is 118 cm³/mol. The van der Waals surface area contributed by atoms with E-state index in [1.807, 2.05) is 0 Å². The van der Waals surface area contributed by atoms with E-state index in [1.54, 1.807) is 36.4 Å². The van der Waals surface area contributed by atoms with Gasteiger partial charge in [-0.1, -0.05) is 42.8 Å². The standard InChI is InChI=1S/C24H24O5S2/c25-30(26,20-12-6-2-7-13-20)22-16-17-23(29-19-10-4-1-5-11-19)24(18-22)31(27,28)21-14-8-3-9-15-21/h2-3,6-9,12-19H,1,4-5,10-11H2. The molecule has 0 bridgehead atoms. The van der Waals surface area contributed by atoms with Crippen molar-refractivity contribution in [1.29, 1.82) is 0 Å². The molecule has 0 N–H and O–H groups in total. The van der Waals surface area contributed by atoms with Crippen LogP contribution in [0.3, 0.4) is 0 Å². The summed E-state index contributed by atoms with van der Waals surface area (Å²) in [4.78, 5) is 0.00208. The maximum Gasteiger partial charge on any atom is 0.210 e. The second-order valence-electron chi connectivity index (χ2n) is 7.62. The molecule has 0 heterocycles. The summed E-state index contributed by atoms with van der Waals surface area (Å²) in [5.41, 5.74) is 0. The van der Waals surface area contributed by atoms with Gasteiger partial charge < -0.3 is 4.74 Å². The Hall–Kier alpha value is -2.64. The highest BCUT2D eigenvalue weighted by Crippen LogP contribution is 2.35. The molecule has 7 heteroatoms. The van der Waals surface area contributed by atoms with E-state index in [2.05, 4.69) is 0 Å². The molecule has 0 amide bonds. The zero-order valence-corrected chi connectivity index (χ0v) is 18.6. The van der Waals surface area contributed by atoms with Crippen LogP contribution in [0.2, 0.25) is 0 Å². The van der Waals surface area contributed by atoms with Crippen molar-refractivity contribution < 1.29 is 21.6 Å². The Morgan fingerprint density at radius 3 is 1.74 bits per heavy atom. The van der Waals surface area contributed by atoms with E-state index in [4.69, 9.17) is 4.74 Å². The van der Waals surface area contributed by atoms with Crippen LogP contribution in [0.15, 0.2) is 98.4 Å². The molecule has 0 aromatic heterocycles. The molecule has 31 heavy (non-hydrogen) atoms. The smallest absolute Gasteiger partial charge is 0.210 e. The first kappa shape index (κ1) is 21.6. The van der Waals surface area contributed by atoms with E-state index in [-0.39, 0.29) is 31.4 Å². The van der Waals surface area contributed by atoms with Gasteiger partial charge in [0.1, 0.15) is 10.6 Å². The maximum absolute atomic E-state index is 13.4. The third-order valence-electron chi connectivity index (χ3n) is 5.47. The van der Waals surface area contributed by atoms with Gasteiger partial charge in [0.05, 0.1) is 20.8 Å². The average molecular weight is 457 g/mol. The fourth-order valence-corrected chi connectivity index (χ4v) is 6.60. The van der Waals surface area contributed by atoms with Gasteiger partial charge in [0, 0.05) is 0 Å². The molecule has 1 aliphatic carbocycles. The fraction of sp³-hybridized carbons (Fsp3) is 0.250. The normalized spacial score (nSPS) is 15.5. The lowest BCUT2D eigenvalue weighted by atomic mass is 9.98. The number of sulfone groups is 2. The van der Waals surface area contributed by atoms with Gasteiger partial charge in [0.15, 0.2) is 0 Å². The molecular formula is C24H24O5S2. The van der Waals surface area contributed by atoms with Crippen LogP contribution in [-0.2, 0) is 19.7 Å². The van der Waals surface area contributed by atoms with Gasteiger partial charge in [-0.25, -0.2) is 16.8 Å². The van der Waals surface area contributed by atoms with Crippen molar-refractivity contribution in [3.05, 3.63) is 78.9 Å². The quantitative estimate of drug-likeness (QED) is 0.518. The summed E-state index contributed by atoms with van der Waals surface area (Å²) in [7, 11) is -7.85. The molecule has 1 aliphatic rings. The van der Waals surface area contributed by atoms with E-state index in [9.17, 15) is 16.8 Å². The van der Waals surface area contributed by atoms with Crippen LogP contribution in [0.4, 0.5) is 0 Å². The number of benzene rings is 3. The molecule has 0 aliphatic heterocycles. The molecule has 162 valence electrons. The average Bonchev–Trinajstić information content (AvgIpc) is 2.81. The molecule has 0 radical (unpaired) electrons. The van der Waals surface area contributed by atoms with Gasteiger partial charge in [-0.15, -0.1) is 0 Å². The summed E-state index contributed by atoms with van der Waals surface area (Å²) < 4.78 is 59.2. The summed E-state index contributed by atoms with van der Waals surface area (Å²) in [5, 5.41) is 0. The second-order valence-corrected chi connectivity index (χ2v) is 11.5. The summed E-state index contributed by atoms with van der Waals surface area (Å²) in [6.07, 6.45) is 4.85. The van der Waals surface area contributed by atoms with Crippen molar-refractivity contribution in [2.24, 2.45) is 0 Å². The fourth-order valence-electron chi connectivity index (χ4n) is 3.79. The van der Waals surface area contributed by atoms with Crippen LogP contribution >= 0.6 is 0 Å². The van der Waals surface area contributed by atoms with Gasteiger partial charge >= 0.3 is 0 Å². The highest BCUT2D eigenvalue weighted by atomic mass is 32.2. The lowest BCUT2D eigenvalue weighted by molar-refractivity contribution is 0.151. The van der Waals surface area contributed by atoms with E-state index < -0.39 is 19.7 Å². The summed E-state index contributed by atoms with van der Waals surface area (Å²) >= 11 is 0. The molecule has 3 aromatic carbocycles. The molecule has 0 spiro atoms. The van der Waals surface area contributed by atoms with Gasteiger partial charge in [0.25, 0.3) is 0 Å². The van der Waals surface area contributed by atoms with Gasteiger partial charge in [-0.2, -0.15) is 0 Å². The van der Waals surface area contributed by atoms with E-state index in [0.29, 0.717) is 0 Å². The summed E-state index contributed by atoms with van der Waals surface area (Å²) in [6.45, 7) is 0. The van der Waals surface area contributed by atoms with Crippen LogP contribution in [-0.4, -0.2) is 22.9 Å². The number of hydrogen-bond donors (Lipinski definition) is 0. The minimum Gasteiger partial charge on any atom is -0.489 e. The van der Waals surface area contributed by atoms with E-state index in [1.165, 1.54) is 42.5 Å². The Morgan fingerprint density at radius 2 is 1.16 bits per heavy atom. The van der Waals surface area contributed by atoms with Crippen LogP contribution in [0.1, 0.15) is 32.1 Å². The third kappa shape index (κ3) is 4.52. The van der Waals surface area contributed by atoms with Crippen molar-refractivity contribution >= 4 is 19.7 Å². The molecule has 0 unspecified atom stereocenters. The Bertz CT molecular complexity index is 1250. The summed E-state index contributed by atoms with van der Waals surface area (Å²) in [5.74, 6) is 0.197. The Morgan fingerprint density at radius 1 is 0.613 bits per heavy atom. The first-order valence-electron chi connectivity index (χ1n) is 10.3.